The molecule has 2 N–H and O–H groups in total. The quantitative estimate of drug-likeness (QED) is 0.898. The number of anilines is 2. The van der Waals surface area contributed by atoms with Crippen molar-refractivity contribution in [2.45, 2.75) is 39.8 Å². The minimum atomic E-state index is -4.27. The van der Waals surface area contributed by atoms with Gasteiger partial charge >= 0.3 is 6.18 Å². The van der Waals surface area contributed by atoms with Gasteiger partial charge < -0.3 is 10.6 Å². The number of rotatable bonds is 5. The highest BCUT2D eigenvalue weighted by atomic mass is 19.4. The fourth-order valence-electron chi connectivity index (χ4n) is 1.76. The van der Waals surface area contributed by atoms with Crippen LogP contribution in [0.1, 0.15) is 31.7 Å². The number of nitrogens with zero attached hydrogens (tertiary/aromatic N) is 3. The Balaban J connectivity index is 3.14. The van der Waals surface area contributed by atoms with Gasteiger partial charge in [-0.15, -0.1) is 0 Å². The Kier molecular flexibility index (Phi) is 4.97. The summed E-state index contributed by atoms with van der Waals surface area (Å²) in [5.41, 5.74) is 6.24. The minimum Gasteiger partial charge on any atom is -0.383 e. The van der Waals surface area contributed by atoms with E-state index in [9.17, 15) is 13.2 Å². The number of hydrogen-bond donors (Lipinski definition) is 1. The summed E-state index contributed by atoms with van der Waals surface area (Å²) in [5.74, 6) is 1.01. The Hall–Kier alpha value is -1.53. The van der Waals surface area contributed by atoms with Gasteiger partial charge in [-0.3, -0.25) is 0 Å². The van der Waals surface area contributed by atoms with Crippen molar-refractivity contribution in [1.29, 1.82) is 0 Å². The van der Waals surface area contributed by atoms with E-state index in [1.807, 2.05) is 6.92 Å². The Morgan fingerprint density at radius 3 is 2.32 bits per heavy atom. The van der Waals surface area contributed by atoms with Crippen LogP contribution in [0.2, 0.25) is 0 Å². The molecule has 0 radical (unpaired) electrons. The van der Waals surface area contributed by atoms with Crippen LogP contribution in [0.4, 0.5) is 24.8 Å². The molecule has 0 aliphatic rings. The van der Waals surface area contributed by atoms with Gasteiger partial charge in [-0.25, -0.2) is 9.97 Å². The lowest BCUT2D eigenvalue weighted by Crippen LogP contribution is -2.35. The molecule has 0 spiro atoms. The molecule has 108 valence electrons. The highest BCUT2D eigenvalue weighted by Gasteiger charge is 2.31. The SMILES string of the molecule is CCCc1nc(N)c(C)c(N(CC)CC(F)(F)F)n1. The molecule has 19 heavy (non-hydrogen) atoms. The summed E-state index contributed by atoms with van der Waals surface area (Å²) in [4.78, 5) is 9.48. The van der Waals surface area contributed by atoms with Gasteiger partial charge in [0.05, 0.1) is 0 Å². The first-order valence-corrected chi connectivity index (χ1v) is 6.23. The van der Waals surface area contributed by atoms with Gasteiger partial charge in [0, 0.05) is 18.5 Å². The van der Waals surface area contributed by atoms with Gasteiger partial charge in [0.25, 0.3) is 0 Å². The number of aryl methyl sites for hydroxylation is 1. The van der Waals surface area contributed by atoms with E-state index in [0.29, 0.717) is 17.8 Å². The number of hydrogen-bond acceptors (Lipinski definition) is 4. The van der Waals surface area contributed by atoms with E-state index < -0.39 is 12.7 Å². The van der Waals surface area contributed by atoms with Crippen molar-refractivity contribution in [1.82, 2.24) is 9.97 Å². The Bertz CT molecular complexity index is 432. The molecule has 1 heterocycles. The van der Waals surface area contributed by atoms with Crippen molar-refractivity contribution in [2.24, 2.45) is 0 Å². The summed E-state index contributed by atoms with van der Waals surface area (Å²) in [5, 5.41) is 0. The van der Waals surface area contributed by atoms with Crippen LogP contribution in [-0.2, 0) is 6.42 Å². The zero-order valence-corrected chi connectivity index (χ0v) is 11.4. The Morgan fingerprint density at radius 1 is 1.21 bits per heavy atom. The van der Waals surface area contributed by atoms with Crippen molar-refractivity contribution in [3.8, 4) is 0 Å². The van der Waals surface area contributed by atoms with Crippen LogP contribution in [-0.4, -0.2) is 29.2 Å². The largest absolute Gasteiger partial charge is 0.405 e. The Labute approximate surface area is 110 Å². The highest BCUT2D eigenvalue weighted by molar-refractivity contribution is 5.56. The van der Waals surface area contributed by atoms with Crippen LogP contribution in [0, 0.1) is 6.92 Å². The second-order valence-electron chi connectivity index (χ2n) is 4.35. The number of halogens is 3. The summed E-state index contributed by atoms with van der Waals surface area (Å²) in [6.07, 6.45) is -2.86. The van der Waals surface area contributed by atoms with E-state index in [1.165, 1.54) is 4.90 Å². The lowest BCUT2D eigenvalue weighted by molar-refractivity contribution is -0.119. The zero-order valence-electron chi connectivity index (χ0n) is 11.4. The van der Waals surface area contributed by atoms with Crippen molar-refractivity contribution in [3.63, 3.8) is 0 Å². The molecule has 4 nitrogen and oxygen atoms in total. The molecule has 1 rings (SSSR count). The van der Waals surface area contributed by atoms with Gasteiger partial charge in [0.15, 0.2) is 0 Å². The molecule has 1 aromatic rings. The van der Waals surface area contributed by atoms with Crippen LogP contribution in [0.3, 0.4) is 0 Å². The average Bonchev–Trinajstić information content (AvgIpc) is 2.30. The summed E-state index contributed by atoms with van der Waals surface area (Å²) >= 11 is 0. The van der Waals surface area contributed by atoms with Crippen molar-refractivity contribution < 1.29 is 13.2 Å². The maximum atomic E-state index is 12.5. The second-order valence-corrected chi connectivity index (χ2v) is 4.35. The van der Waals surface area contributed by atoms with Crippen molar-refractivity contribution in [2.75, 3.05) is 23.7 Å². The van der Waals surface area contributed by atoms with Gasteiger partial charge in [-0.1, -0.05) is 6.92 Å². The first-order valence-electron chi connectivity index (χ1n) is 6.23. The van der Waals surface area contributed by atoms with E-state index in [0.717, 1.165) is 6.42 Å². The smallest absolute Gasteiger partial charge is 0.383 e. The molecular formula is C12H19F3N4. The lowest BCUT2D eigenvalue weighted by atomic mass is 10.2. The number of alkyl halides is 3. The van der Waals surface area contributed by atoms with Crippen LogP contribution in [0.5, 0.6) is 0 Å². The second kappa shape index (κ2) is 6.08. The van der Waals surface area contributed by atoms with Crippen LogP contribution in [0.25, 0.3) is 0 Å². The normalized spacial score (nSPS) is 11.7. The van der Waals surface area contributed by atoms with Gasteiger partial charge in [-0.05, 0) is 20.3 Å². The predicted molar refractivity (Wildman–Crippen MR) is 69.1 cm³/mol. The number of nitrogens with two attached hydrogens (primary N) is 1. The van der Waals surface area contributed by atoms with Gasteiger partial charge in [0.2, 0.25) is 0 Å². The van der Waals surface area contributed by atoms with Gasteiger partial charge in [-0.2, -0.15) is 13.2 Å². The summed E-state index contributed by atoms with van der Waals surface area (Å²) < 4.78 is 37.6. The van der Waals surface area contributed by atoms with E-state index in [4.69, 9.17) is 5.73 Å². The predicted octanol–water partition coefficient (Wildman–Crippen LogP) is 2.71. The highest BCUT2D eigenvalue weighted by Crippen LogP contribution is 2.25. The van der Waals surface area contributed by atoms with Crippen LogP contribution < -0.4 is 10.6 Å². The molecule has 0 bridgehead atoms. The Morgan fingerprint density at radius 2 is 1.84 bits per heavy atom. The van der Waals surface area contributed by atoms with E-state index in [2.05, 4.69) is 9.97 Å². The third-order valence-electron chi connectivity index (χ3n) is 2.73. The molecule has 0 saturated heterocycles. The average molecular weight is 276 g/mol. The molecule has 0 unspecified atom stereocenters. The third kappa shape index (κ3) is 4.25. The molecule has 0 atom stereocenters. The summed E-state index contributed by atoms with van der Waals surface area (Å²) in [6, 6.07) is 0. The molecule has 7 heteroatoms. The summed E-state index contributed by atoms with van der Waals surface area (Å²) in [7, 11) is 0. The molecule has 0 amide bonds. The molecular weight excluding hydrogens is 257 g/mol. The first-order chi connectivity index (χ1) is 8.78. The fraction of sp³-hybridized carbons (Fsp3) is 0.667. The van der Waals surface area contributed by atoms with Crippen LogP contribution >= 0.6 is 0 Å². The lowest BCUT2D eigenvalue weighted by Gasteiger charge is -2.25. The fourth-order valence-corrected chi connectivity index (χ4v) is 1.76. The molecule has 0 fully saturated rings. The van der Waals surface area contributed by atoms with Crippen molar-refractivity contribution >= 4 is 11.6 Å². The first kappa shape index (κ1) is 15.5. The monoisotopic (exact) mass is 276 g/mol. The molecule has 0 saturated carbocycles. The zero-order chi connectivity index (χ0) is 14.6. The number of aromatic nitrogens is 2. The minimum absolute atomic E-state index is 0.211. The standard InChI is InChI=1S/C12H19F3N4/c1-4-6-9-17-10(16)8(3)11(18-9)19(5-2)7-12(13,14)15/h4-7H2,1-3H3,(H2,16,17,18). The third-order valence-corrected chi connectivity index (χ3v) is 2.73. The van der Waals surface area contributed by atoms with E-state index in [-0.39, 0.29) is 18.2 Å². The van der Waals surface area contributed by atoms with Gasteiger partial charge in [0.1, 0.15) is 24.0 Å². The molecule has 0 aromatic carbocycles. The molecule has 0 aliphatic carbocycles. The number of nitrogen functional groups attached to an aromatic ring is 1. The van der Waals surface area contributed by atoms with E-state index in [1.54, 1.807) is 13.8 Å². The molecule has 1 aromatic heterocycles. The maximum Gasteiger partial charge on any atom is 0.405 e. The summed E-state index contributed by atoms with van der Waals surface area (Å²) in [6.45, 7) is 4.42. The van der Waals surface area contributed by atoms with Crippen molar-refractivity contribution in [3.05, 3.63) is 11.4 Å². The van der Waals surface area contributed by atoms with Crippen LogP contribution in [0.15, 0.2) is 0 Å². The molecule has 0 aliphatic heterocycles. The van der Waals surface area contributed by atoms with E-state index >= 15 is 0 Å². The topological polar surface area (TPSA) is 55.0 Å². The maximum absolute atomic E-state index is 12.5.